The first-order valence-corrected chi connectivity index (χ1v) is 9.83. The second-order valence-corrected chi connectivity index (χ2v) is 9.01. The molecule has 1 saturated heterocycles. The third-order valence-electron chi connectivity index (χ3n) is 5.31. The fraction of sp³-hybridized carbons (Fsp3) is 0.438. The number of hydrogen-bond acceptors (Lipinski definition) is 3. The maximum Gasteiger partial charge on any atom is 0.270 e. The van der Waals surface area contributed by atoms with Crippen molar-refractivity contribution in [3.8, 4) is 0 Å². The molecule has 1 N–H and O–H groups in total. The Balaban J connectivity index is 1.55. The smallest absolute Gasteiger partial charge is 0.270 e. The van der Waals surface area contributed by atoms with Crippen LogP contribution in [0, 0.1) is 23.7 Å². The average Bonchev–Trinajstić information content (AvgIpc) is 3.16. The van der Waals surface area contributed by atoms with Gasteiger partial charge < -0.3 is 0 Å². The molecule has 4 rings (SSSR count). The van der Waals surface area contributed by atoms with Gasteiger partial charge in [0.2, 0.25) is 0 Å². The quantitative estimate of drug-likeness (QED) is 0.527. The van der Waals surface area contributed by atoms with Crippen LogP contribution in [0.25, 0.3) is 0 Å². The highest BCUT2D eigenvalue weighted by Crippen LogP contribution is 2.59. The van der Waals surface area contributed by atoms with Crippen LogP contribution >= 0.6 is 43.5 Å². The Labute approximate surface area is 160 Å². The number of carbonyl (C=O) groups excluding carboxylic acids is 3. The molecule has 1 aliphatic heterocycles. The van der Waals surface area contributed by atoms with E-state index in [1.165, 1.54) is 0 Å². The zero-order chi connectivity index (χ0) is 17.2. The zero-order valence-electron chi connectivity index (χ0n) is 12.3. The van der Waals surface area contributed by atoms with Crippen LogP contribution in [0.4, 0.5) is 0 Å². The minimum Gasteiger partial charge on any atom is -0.272 e. The number of rotatable bonds is 2. The molecule has 2 bridgehead atoms. The van der Waals surface area contributed by atoms with E-state index in [4.69, 9.17) is 11.6 Å². The zero-order valence-corrected chi connectivity index (χ0v) is 16.2. The van der Waals surface area contributed by atoms with E-state index in [0.717, 1.165) is 11.4 Å². The van der Waals surface area contributed by atoms with E-state index in [1.54, 1.807) is 24.3 Å². The summed E-state index contributed by atoms with van der Waals surface area (Å²) in [4.78, 5) is 38.0. The van der Waals surface area contributed by atoms with Crippen molar-refractivity contribution in [2.24, 2.45) is 23.7 Å². The summed E-state index contributed by atoms with van der Waals surface area (Å²) in [7, 11) is 0. The monoisotopic (exact) mass is 474 g/mol. The molecule has 8 heteroatoms. The number of imide groups is 1. The third kappa shape index (κ3) is 2.28. The summed E-state index contributed by atoms with van der Waals surface area (Å²) in [5.41, 5.74) is 2.81. The average molecular weight is 477 g/mol. The molecule has 2 aliphatic carbocycles. The number of alkyl halides is 2. The van der Waals surface area contributed by atoms with E-state index in [2.05, 4.69) is 37.3 Å². The number of amides is 3. The van der Waals surface area contributed by atoms with Crippen molar-refractivity contribution in [2.75, 3.05) is 0 Å². The second-order valence-electron chi connectivity index (χ2n) is 6.46. The highest BCUT2D eigenvalue weighted by Gasteiger charge is 2.66. The Kier molecular flexibility index (Phi) is 4.01. The summed E-state index contributed by atoms with van der Waals surface area (Å²) < 4.78 is 0. The van der Waals surface area contributed by atoms with Gasteiger partial charge in [0.25, 0.3) is 17.7 Å². The molecule has 0 spiro atoms. The Morgan fingerprint density at radius 2 is 1.54 bits per heavy atom. The molecule has 1 heterocycles. The molecule has 0 aromatic heterocycles. The first kappa shape index (κ1) is 16.5. The van der Waals surface area contributed by atoms with Crippen molar-refractivity contribution in [2.45, 2.75) is 16.1 Å². The van der Waals surface area contributed by atoms with E-state index in [0.29, 0.717) is 10.6 Å². The summed E-state index contributed by atoms with van der Waals surface area (Å²) in [6.07, 6.45) is 0.859. The number of halogens is 3. The number of nitrogens with zero attached hydrogens (tertiary/aromatic N) is 1. The van der Waals surface area contributed by atoms with Gasteiger partial charge in [-0.15, -0.1) is 0 Å². The van der Waals surface area contributed by atoms with Crippen molar-refractivity contribution >= 4 is 61.2 Å². The molecule has 5 nitrogen and oxygen atoms in total. The number of fused-ring (bicyclic) bond motifs is 5. The lowest BCUT2D eigenvalue weighted by Gasteiger charge is -2.28. The summed E-state index contributed by atoms with van der Waals surface area (Å²) in [5.74, 6) is -1.53. The molecule has 1 aromatic rings. The van der Waals surface area contributed by atoms with Gasteiger partial charge in [0.05, 0.1) is 11.8 Å². The van der Waals surface area contributed by atoms with Crippen LogP contribution in [0.5, 0.6) is 0 Å². The summed E-state index contributed by atoms with van der Waals surface area (Å²) >= 11 is 13.1. The van der Waals surface area contributed by atoms with Gasteiger partial charge in [-0.25, -0.2) is 0 Å². The van der Waals surface area contributed by atoms with E-state index >= 15 is 0 Å². The van der Waals surface area contributed by atoms with Gasteiger partial charge in [-0.05, 0) is 42.5 Å². The number of benzene rings is 1. The van der Waals surface area contributed by atoms with Gasteiger partial charge in [-0.3, -0.25) is 19.8 Å². The third-order valence-corrected chi connectivity index (χ3v) is 8.77. The Morgan fingerprint density at radius 1 is 1.04 bits per heavy atom. The molecule has 6 atom stereocenters. The highest BCUT2D eigenvalue weighted by atomic mass is 79.9. The Bertz CT molecular complexity index is 709. The first-order chi connectivity index (χ1) is 11.4. The van der Waals surface area contributed by atoms with Crippen LogP contribution in [0.15, 0.2) is 24.3 Å². The molecule has 2 saturated carbocycles. The van der Waals surface area contributed by atoms with Gasteiger partial charge >= 0.3 is 0 Å². The van der Waals surface area contributed by atoms with E-state index < -0.39 is 5.91 Å². The lowest BCUT2D eigenvalue weighted by molar-refractivity contribution is -0.143. The maximum atomic E-state index is 12.7. The summed E-state index contributed by atoms with van der Waals surface area (Å²) in [6.45, 7) is 0. The minimum absolute atomic E-state index is 0.123. The van der Waals surface area contributed by atoms with E-state index in [-0.39, 0.29) is 45.1 Å². The van der Waals surface area contributed by atoms with Crippen LogP contribution in [-0.4, -0.2) is 32.4 Å². The number of carbonyl (C=O) groups is 3. The lowest BCUT2D eigenvalue weighted by Crippen LogP contribution is -2.47. The standard InChI is InChI=1S/C16H13Br2ClN2O3/c17-12-8-5-9(13(12)18)11-10(8)15(23)21(16(11)24)20-14(22)6-1-3-7(19)4-2-6/h1-4,8-13H,5H2,(H,20,22)/t8-,9-,10-,11-,12+,13+/m1/s1. The van der Waals surface area contributed by atoms with E-state index in [1.807, 2.05) is 0 Å². The fourth-order valence-corrected chi connectivity index (χ4v) is 6.23. The molecule has 3 amide bonds. The van der Waals surface area contributed by atoms with Gasteiger partial charge in [0, 0.05) is 20.2 Å². The molecular weight excluding hydrogens is 463 g/mol. The first-order valence-electron chi connectivity index (χ1n) is 7.62. The van der Waals surface area contributed by atoms with Crippen molar-refractivity contribution in [3.05, 3.63) is 34.9 Å². The lowest BCUT2D eigenvalue weighted by atomic mass is 9.81. The molecule has 0 radical (unpaired) electrons. The van der Waals surface area contributed by atoms with Crippen LogP contribution < -0.4 is 5.43 Å². The Hall–Kier alpha value is -0.920. The van der Waals surface area contributed by atoms with Crippen molar-refractivity contribution in [3.63, 3.8) is 0 Å². The van der Waals surface area contributed by atoms with Gasteiger partial charge in [0.15, 0.2) is 0 Å². The normalized spacial score (nSPS) is 37.0. The van der Waals surface area contributed by atoms with Crippen molar-refractivity contribution in [1.82, 2.24) is 10.4 Å². The predicted octanol–water partition coefficient (Wildman–Crippen LogP) is 2.76. The predicted molar refractivity (Wildman–Crippen MR) is 94.8 cm³/mol. The number of hydrogen-bond donors (Lipinski definition) is 1. The molecule has 3 aliphatic rings. The minimum atomic E-state index is -0.494. The van der Waals surface area contributed by atoms with Crippen LogP contribution in [0.2, 0.25) is 5.02 Å². The second kappa shape index (κ2) is 5.81. The fourth-order valence-electron chi connectivity index (χ4n) is 4.23. The molecule has 3 fully saturated rings. The number of hydrazine groups is 1. The van der Waals surface area contributed by atoms with E-state index in [9.17, 15) is 14.4 Å². The van der Waals surface area contributed by atoms with Gasteiger partial charge in [-0.2, -0.15) is 5.01 Å². The van der Waals surface area contributed by atoms with Gasteiger partial charge in [-0.1, -0.05) is 43.5 Å². The Morgan fingerprint density at radius 3 is 2.04 bits per heavy atom. The molecule has 0 unspecified atom stereocenters. The van der Waals surface area contributed by atoms with Crippen LogP contribution in [0.3, 0.4) is 0 Å². The molecule has 126 valence electrons. The maximum absolute atomic E-state index is 12.7. The topological polar surface area (TPSA) is 66.5 Å². The largest absolute Gasteiger partial charge is 0.272 e. The SMILES string of the molecule is O=C(NN1C(=O)[C@@H]2[C@H]3C[C@@H]([C@H](Br)[C@H]3Br)[C@H]2C1=O)c1ccc(Cl)cc1. The van der Waals surface area contributed by atoms with Crippen molar-refractivity contribution < 1.29 is 14.4 Å². The highest BCUT2D eigenvalue weighted by molar-refractivity contribution is 9.12. The summed E-state index contributed by atoms with van der Waals surface area (Å²) in [6, 6.07) is 6.28. The molecule has 1 aromatic carbocycles. The van der Waals surface area contributed by atoms with Crippen molar-refractivity contribution in [1.29, 1.82) is 0 Å². The number of nitrogens with one attached hydrogen (secondary N) is 1. The summed E-state index contributed by atoms with van der Waals surface area (Å²) in [5, 5.41) is 1.42. The van der Waals surface area contributed by atoms with Crippen LogP contribution in [-0.2, 0) is 9.59 Å². The van der Waals surface area contributed by atoms with Crippen LogP contribution in [0.1, 0.15) is 16.8 Å². The molecule has 24 heavy (non-hydrogen) atoms. The molecular formula is C16H13Br2ClN2O3. The van der Waals surface area contributed by atoms with Gasteiger partial charge in [0.1, 0.15) is 0 Å².